The number of anilines is 3. The highest BCUT2D eigenvalue weighted by atomic mass is 32.1. The molecule has 0 amide bonds. The molecule has 1 unspecified atom stereocenters. The van der Waals surface area contributed by atoms with E-state index in [0.29, 0.717) is 5.82 Å². The van der Waals surface area contributed by atoms with Gasteiger partial charge in [-0.1, -0.05) is 0 Å². The standard InChI is InChI=1S/C12H18N6S/c1-4-14-9-5-10(18-12(13)17-9)16-8(3)11-15-6-7(2)19-11/h5-6,8H,4H2,1-3H3,(H4,13,14,16,17,18). The molecule has 0 aromatic carbocycles. The van der Waals surface area contributed by atoms with Crippen LogP contribution < -0.4 is 16.4 Å². The molecule has 0 aliphatic carbocycles. The van der Waals surface area contributed by atoms with Crippen LogP contribution in [0.15, 0.2) is 12.3 Å². The van der Waals surface area contributed by atoms with Gasteiger partial charge in [-0.25, -0.2) is 4.98 Å². The van der Waals surface area contributed by atoms with E-state index in [0.717, 1.165) is 17.4 Å². The summed E-state index contributed by atoms with van der Waals surface area (Å²) in [6.45, 7) is 6.88. The summed E-state index contributed by atoms with van der Waals surface area (Å²) in [5, 5.41) is 7.44. The van der Waals surface area contributed by atoms with Crippen LogP contribution in [0.4, 0.5) is 17.6 Å². The predicted molar refractivity (Wildman–Crippen MR) is 79.5 cm³/mol. The molecule has 0 fully saturated rings. The molecular weight excluding hydrogens is 260 g/mol. The van der Waals surface area contributed by atoms with Gasteiger partial charge in [0.05, 0.1) is 6.04 Å². The zero-order valence-corrected chi connectivity index (χ0v) is 12.1. The second kappa shape index (κ2) is 5.83. The molecule has 2 rings (SSSR count). The third-order valence-electron chi connectivity index (χ3n) is 2.48. The summed E-state index contributed by atoms with van der Waals surface area (Å²) in [4.78, 5) is 13.8. The average molecular weight is 278 g/mol. The number of thiazole rings is 1. The van der Waals surface area contributed by atoms with E-state index >= 15 is 0 Å². The molecule has 0 radical (unpaired) electrons. The van der Waals surface area contributed by atoms with Gasteiger partial charge in [0.2, 0.25) is 5.95 Å². The molecule has 19 heavy (non-hydrogen) atoms. The second-order valence-electron chi connectivity index (χ2n) is 4.20. The van der Waals surface area contributed by atoms with Crippen molar-refractivity contribution in [2.75, 3.05) is 22.9 Å². The Morgan fingerprint density at radius 3 is 2.74 bits per heavy atom. The number of aromatic nitrogens is 3. The smallest absolute Gasteiger partial charge is 0.223 e. The number of hydrogen-bond acceptors (Lipinski definition) is 7. The van der Waals surface area contributed by atoms with Crippen molar-refractivity contribution in [1.29, 1.82) is 0 Å². The molecule has 2 heterocycles. The van der Waals surface area contributed by atoms with E-state index in [1.165, 1.54) is 4.88 Å². The van der Waals surface area contributed by atoms with Crippen molar-refractivity contribution in [2.24, 2.45) is 0 Å². The molecule has 7 heteroatoms. The van der Waals surface area contributed by atoms with E-state index in [4.69, 9.17) is 5.73 Å². The van der Waals surface area contributed by atoms with E-state index in [9.17, 15) is 0 Å². The van der Waals surface area contributed by atoms with Crippen molar-refractivity contribution in [3.05, 3.63) is 22.1 Å². The Morgan fingerprint density at radius 2 is 2.11 bits per heavy atom. The first-order valence-corrected chi connectivity index (χ1v) is 6.97. The van der Waals surface area contributed by atoms with Gasteiger partial charge in [-0.3, -0.25) is 0 Å². The highest BCUT2D eigenvalue weighted by molar-refractivity contribution is 7.11. The van der Waals surface area contributed by atoms with E-state index in [2.05, 4.69) is 25.6 Å². The first kappa shape index (κ1) is 13.5. The van der Waals surface area contributed by atoms with Gasteiger partial charge < -0.3 is 16.4 Å². The van der Waals surface area contributed by atoms with Crippen molar-refractivity contribution < 1.29 is 0 Å². The second-order valence-corrected chi connectivity index (χ2v) is 5.47. The average Bonchev–Trinajstić information content (AvgIpc) is 2.75. The van der Waals surface area contributed by atoms with Crippen LogP contribution in [0.25, 0.3) is 0 Å². The number of hydrogen-bond donors (Lipinski definition) is 3. The Balaban J connectivity index is 2.14. The monoisotopic (exact) mass is 278 g/mol. The number of aryl methyl sites for hydroxylation is 1. The maximum absolute atomic E-state index is 5.69. The summed E-state index contributed by atoms with van der Waals surface area (Å²) in [5.74, 6) is 1.67. The normalized spacial score (nSPS) is 12.2. The Morgan fingerprint density at radius 1 is 1.37 bits per heavy atom. The van der Waals surface area contributed by atoms with Crippen molar-refractivity contribution >= 4 is 28.9 Å². The number of rotatable bonds is 5. The van der Waals surface area contributed by atoms with E-state index in [-0.39, 0.29) is 12.0 Å². The lowest BCUT2D eigenvalue weighted by atomic mass is 10.3. The first-order chi connectivity index (χ1) is 9.08. The highest BCUT2D eigenvalue weighted by Crippen LogP contribution is 2.23. The molecule has 0 saturated heterocycles. The Bertz CT molecular complexity index is 553. The van der Waals surface area contributed by atoms with Gasteiger partial charge in [-0.15, -0.1) is 11.3 Å². The minimum absolute atomic E-state index is 0.0856. The lowest BCUT2D eigenvalue weighted by molar-refractivity contribution is 0.859. The quantitative estimate of drug-likeness (QED) is 0.778. The summed E-state index contributed by atoms with van der Waals surface area (Å²) >= 11 is 1.67. The molecule has 2 aromatic heterocycles. The van der Waals surface area contributed by atoms with Crippen molar-refractivity contribution in [3.8, 4) is 0 Å². The zero-order chi connectivity index (χ0) is 13.8. The molecule has 0 bridgehead atoms. The fourth-order valence-electron chi connectivity index (χ4n) is 1.67. The Kier molecular flexibility index (Phi) is 4.16. The van der Waals surface area contributed by atoms with Crippen LogP contribution in [-0.2, 0) is 0 Å². The number of nitrogens with one attached hydrogen (secondary N) is 2. The number of nitrogens with two attached hydrogens (primary N) is 1. The third kappa shape index (κ3) is 3.54. The van der Waals surface area contributed by atoms with Crippen LogP contribution in [0.1, 0.15) is 29.8 Å². The maximum atomic E-state index is 5.69. The minimum Gasteiger partial charge on any atom is -0.370 e. The number of nitrogens with zero attached hydrogens (tertiary/aromatic N) is 3. The third-order valence-corrected chi connectivity index (χ3v) is 3.57. The van der Waals surface area contributed by atoms with Crippen molar-refractivity contribution in [2.45, 2.75) is 26.8 Å². The van der Waals surface area contributed by atoms with E-state index in [1.807, 2.05) is 33.0 Å². The van der Waals surface area contributed by atoms with Crippen LogP contribution >= 0.6 is 11.3 Å². The summed E-state index contributed by atoms with van der Waals surface area (Å²) in [5.41, 5.74) is 5.69. The lowest BCUT2D eigenvalue weighted by Crippen LogP contribution is -2.10. The van der Waals surface area contributed by atoms with E-state index in [1.54, 1.807) is 11.3 Å². The first-order valence-electron chi connectivity index (χ1n) is 6.15. The van der Waals surface area contributed by atoms with Crippen LogP contribution in [0.2, 0.25) is 0 Å². The van der Waals surface area contributed by atoms with Gasteiger partial charge in [0, 0.05) is 23.7 Å². The van der Waals surface area contributed by atoms with Crippen LogP contribution in [0, 0.1) is 6.92 Å². The van der Waals surface area contributed by atoms with Gasteiger partial charge in [-0.2, -0.15) is 9.97 Å². The van der Waals surface area contributed by atoms with Gasteiger partial charge in [0.25, 0.3) is 0 Å². The largest absolute Gasteiger partial charge is 0.370 e. The molecule has 2 aromatic rings. The van der Waals surface area contributed by atoms with Crippen LogP contribution in [-0.4, -0.2) is 21.5 Å². The summed E-state index contributed by atoms with van der Waals surface area (Å²) < 4.78 is 0. The van der Waals surface area contributed by atoms with Crippen LogP contribution in [0.3, 0.4) is 0 Å². The van der Waals surface area contributed by atoms with Crippen LogP contribution in [0.5, 0.6) is 0 Å². The fraction of sp³-hybridized carbons (Fsp3) is 0.417. The molecule has 0 spiro atoms. The molecule has 0 aliphatic heterocycles. The van der Waals surface area contributed by atoms with Gasteiger partial charge in [0.15, 0.2) is 0 Å². The van der Waals surface area contributed by atoms with Crippen molar-refractivity contribution in [1.82, 2.24) is 15.0 Å². The molecule has 0 aliphatic rings. The van der Waals surface area contributed by atoms with Crippen molar-refractivity contribution in [3.63, 3.8) is 0 Å². The minimum atomic E-state index is 0.0856. The summed E-state index contributed by atoms with van der Waals surface area (Å²) in [7, 11) is 0. The summed E-state index contributed by atoms with van der Waals surface area (Å²) in [6.07, 6.45) is 1.87. The Hall–Kier alpha value is -1.89. The Labute approximate surface area is 116 Å². The van der Waals surface area contributed by atoms with Gasteiger partial charge in [-0.05, 0) is 20.8 Å². The zero-order valence-electron chi connectivity index (χ0n) is 11.3. The molecule has 1 atom stereocenters. The lowest BCUT2D eigenvalue weighted by Gasteiger charge is -2.13. The van der Waals surface area contributed by atoms with Gasteiger partial charge >= 0.3 is 0 Å². The molecule has 4 N–H and O–H groups in total. The predicted octanol–water partition coefficient (Wildman–Crippen LogP) is 2.43. The van der Waals surface area contributed by atoms with Gasteiger partial charge in [0.1, 0.15) is 16.6 Å². The fourth-order valence-corrected chi connectivity index (χ4v) is 2.44. The molecular formula is C12H18N6S. The number of nitrogen functional groups attached to an aromatic ring is 1. The topological polar surface area (TPSA) is 88.8 Å². The summed E-state index contributed by atoms with van der Waals surface area (Å²) in [6, 6.07) is 1.93. The molecule has 0 saturated carbocycles. The SMILES string of the molecule is CCNc1cc(NC(C)c2ncc(C)s2)nc(N)n1. The highest BCUT2D eigenvalue weighted by Gasteiger charge is 2.11. The molecule has 6 nitrogen and oxygen atoms in total. The van der Waals surface area contributed by atoms with E-state index < -0.39 is 0 Å². The maximum Gasteiger partial charge on any atom is 0.223 e. The molecule has 102 valence electrons.